The molecule has 0 radical (unpaired) electrons. The molecule has 2 N–H and O–H groups in total. The molecule has 9 heteroatoms. The Labute approximate surface area is 182 Å². The summed E-state index contributed by atoms with van der Waals surface area (Å²) in [5.41, 5.74) is 1.57. The highest BCUT2D eigenvalue weighted by molar-refractivity contribution is 7.92. The van der Waals surface area contributed by atoms with E-state index in [-0.39, 0.29) is 15.8 Å². The number of nitrogens with one attached hydrogen (secondary N) is 2. The fraction of sp³-hybridized carbons (Fsp3) is 0.381. The van der Waals surface area contributed by atoms with Gasteiger partial charge in [0.2, 0.25) is 0 Å². The zero-order valence-corrected chi connectivity index (χ0v) is 18.4. The summed E-state index contributed by atoms with van der Waals surface area (Å²) in [6, 6.07) is 11.0. The summed E-state index contributed by atoms with van der Waals surface area (Å²) in [6.45, 7) is 6.66. The highest BCUT2D eigenvalue weighted by Gasteiger charge is 2.16. The number of nitrogens with zero attached hydrogens (tertiary/aromatic N) is 1. The van der Waals surface area contributed by atoms with Crippen molar-refractivity contribution >= 4 is 33.2 Å². The van der Waals surface area contributed by atoms with Crippen LogP contribution in [0.1, 0.15) is 22.3 Å². The molecule has 162 valence electrons. The Morgan fingerprint density at radius 1 is 1.13 bits per heavy atom. The number of carbonyl (C=O) groups excluding carboxylic acids is 1. The van der Waals surface area contributed by atoms with Crippen LogP contribution in [0.2, 0.25) is 5.02 Å². The summed E-state index contributed by atoms with van der Waals surface area (Å²) in [6.07, 6.45) is 0.831. The second-order valence-electron chi connectivity index (χ2n) is 7.18. The second kappa shape index (κ2) is 10.3. The van der Waals surface area contributed by atoms with Gasteiger partial charge in [-0.2, -0.15) is 0 Å². The minimum absolute atomic E-state index is 0.159. The molecular formula is C21H26ClN3O4S. The van der Waals surface area contributed by atoms with Crippen molar-refractivity contribution in [3.05, 3.63) is 58.6 Å². The lowest BCUT2D eigenvalue weighted by Gasteiger charge is -2.26. The molecule has 1 fully saturated rings. The number of ether oxygens (including phenoxy) is 1. The molecule has 0 aromatic heterocycles. The number of aryl methyl sites for hydroxylation is 1. The third kappa shape index (κ3) is 6.18. The van der Waals surface area contributed by atoms with Gasteiger partial charge >= 0.3 is 0 Å². The van der Waals surface area contributed by atoms with E-state index in [0.29, 0.717) is 17.8 Å². The van der Waals surface area contributed by atoms with Gasteiger partial charge in [-0.25, -0.2) is 8.42 Å². The maximum absolute atomic E-state index is 12.5. The average molecular weight is 452 g/mol. The topological polar surface area (TPSA) is 87.7 Å². The Morgan fingerprint density at radius 2 is 1.83 bits per heavy atom. The van der Waals surface area contributed by atoms with E-state index in [1.54, 1.807) is 12.1 Å². The van der Waals surface area contributed by atoms with Gasteiger partial charge in [-0.15, -0.1) is 0 Å². The molecule has 1 heterocycles. The zero-order valence-electron chi connectivity index (χ0n) is 16.9. The zero-order chi connectivity index (χ0) is 21.6. The van der Waals surface area contributed by atoms with Crippen molar-refractivity contribution in [3.8, 4) is 0 Å². The Balaban J connectivity index is 1.55. The highest BCUT2D eigenvalue weighted by Crippen LogP contribution is 2.23. The van der Waals surface area contributed by atoms with Crippen molar-refractivity contribution in [1.29, 1.82) is 0 Å². The maximum Gasteiger partial charge on any atom is 0.261 e. The van der Waals surface area contributed by atoms with Crippen molar-refractivity contribution in [2.75, 3.05) is 44.1 Å². The van der Waals surface area contributed by atoms with Crippen LogP contribution >= 0.6 is 11.6 Å². The van der Waals surface area contributed by atoms with E-state index >= 15 is 0 Å². The molecule has 7 nitrogen and oxygen atoms in total. The molecule has 2 aromatic carbocycles. The molecule has 0 bridgehead atoms. The fourth-order valence-corrected chi connectivity index (χ4v) is 4.43. The predicted octanol–water partition coefficient (Wildman–Crippen LogP) is 2.90. The van der Waals surface area contributed by atoms with E-state index in [1.165, 1.54) is 30.3 Å². The molecule has 3 rings (SSSR count). The normalized spacial score (nSPS) is 15.0. The van der Waals surface area contributed by atoms with Crippen molar-refractivity contribution in [2.45, 2.75) is 18.2 Å². The van der Waals surface area contributed by atoms with Crippen LogP contribution in [0.4, 0.5) is 5.69 Å². The third-order valence-electron chi connectivity index (χ3n) is 4.84. The second-order valence-corrected chi connectivity index (χ2v) is 9.27. The summed E-state index contributed by atoms with van der Waals surface area (Å²) < 4.78 is 32.8. The lowest BCUT2D eigenvalue weighted by molar-refractivity contribution is 0.0374. The number of halogens is 1. The predicted molar refractivity (Wildman–Crippen MR) is 118 cm³/mol. The third-order valence-corrected chi connectivity index (χ3v) is 6.55. The first-order valence-corrected chi connectivity index (χ1v) is 11.7. The number of sulfonamides is 1. The monoisotopic (exact) mass is 451 g/mol. The largest absolute Gasteiger partial charge is 0.379 e. The number of hydrogen-bond donors (Lipinski definition) is 2. The Bertz CT molecular complexity index is 974. The van der Waals surface area contributed by atoms with E-state index in [0.717, 1.165) is 44.8 Å². The van der Waals surface area contributed by atoms with Gasteiger partial charge in [0.05, 0.1) is 34.4 Å². The molecule has 0 spiro atoms. The van der Waals surface area contributed by atoms with E-state index < -0.39 is 10.0 Å². The standard InChI is InChI=1S/C21H26ClN3O4S/c1-16-3-6-18(7-4-16)30(27,28)24-17-5-8-19(20(22)15-17)21(26)23-9-2-10-25-11-13-29-14-12-25/h3-8,15,24H,2,9-14H2,1H3,(H,23,26). The summed E-state index contributed by atoms with van der Waals surface area (Å²) in [5, 5.41) is 3.04. The van der Waals surface area contributed by atoms with Crippen LogP contribution in [-0.2, 0) is 14.8 Å². The van der Waals surface area contributed by atoms with Gasteiger partial charge in [-0.05, 0) is 50.2 Å². The van der Waals surface area contributed by atoms with Gasteiger partial charge in [0.15, 0.2) is 0 Å². The van der Waals surface area contributed by atoms with Crippen LogP contribution in [0.15, 0.2) is 47.4 Å². The first-order chi connectivity index (χ1) is 14.3. The van der Waals surface area contributed by atoms with E-state index in [2.05, 4.69) is 14.9 Å². The van der Waals surface area contributed by atoms with E-state index in [4.69, 9.17) is 16.3 Å². The Kier molecular flexibility index (Phi) is 7.71. The maximum atomic E-state index is 12.5. The lowest BCUT2D eigenvalue weighted by Crippen LogP contribution is -2.38. The van der Waals surface area contributed by atoms with Crippen LogP contribution in [0.3, 0.4) is 0 Å². The van der Waals surface area contributed by atoms with Crippen molar-refractivity contribution < 1.29 is 17.9 Å². The molecule has 30 heavy (non-hydrogen) atoms. The number of benzene rings is 2. The number of morpholine rings is 1. The number of carbonyl (C=O) groups is 1. The Hall–Kier alpha value is -2.13. The summed E-state index contributed by atoms with van der Waals surface area (Å²) >= 11 is 6.24. The first-order valence-electron chi connectivity index (χ1n) is 9.82. The van der Waals surface area contributed by atoms with Crippen LogP contribution in [0, 0.1) is 6.92 Å². The molecule has 1 amide bonds. The van der Waals surface area contributed by atoms with Crippen LogP contribution in [0.25, 0.3) is 0 Å². The fourth-order valence-electron chi connectivity index (χ4n) is 3.12. The summed E-state index contributed by atoms with van der Waals surface area (Å²) in [4.78, 5) is 14.9. The molecule has 0 atom stereocenters. The quantitative estimate of drug-likeness (QED) is 0.602. The van der Waals surface area contributed by atoms with E-state index in [9.17, 15) is 13.2 Å². The molecule has 2 aromatic rings. The van der Waals surface area contributed by atoms with Gasteiger partial charge in [0.1, 0.15) is 0 Å². The van der Waals surface area contributed by atoms with Crippen molar-refractivity contribution in [2.24, 2.45) is 0 Å². The number of rotatable bonds is 8. The van der Waals surface area contributed by atoms with Gasteiger partial charge in [0, 0.05) is 19.6 Å². The van der Waals surface area contributed by atoms with Crippen LogP contribution < -0.4 is 10.0 Å². The van der Waals surface area contributed by atoms with Gasteiger partial charge in [0.25, 0.3) is 15.9 Å². The first kappa shape index (κ1) is 22.6. The van der Waals surface area contributed by atoms with Crippen LogP contribution in [-0.4, -0.2) is 58.6 Å². The SMILES string of the molecule is Cc1ccc(S(=O)(=O)Nc2ccc(C(=O)NCCCN3CCOCC3)c(Cl)c2)cc1. The molecular weight excluding hydrogens is 426 g/mol. The minimum Gasteiger partial charge on any atom is -0.379 e. The molecule has 0 aliphatic carbocycles. The lowest BCUT2D eigenvalue weighted by atomic mass is 10.2. The smallest absolute Gasteiger partial charge is 0.261 e. The molecule has 1 saturated heterocycles. The van der Waals surface area contributed by atoms with Gasteiger partial charge in [-0.1, -0.05) is 29.3 Å². The highest BCUT2D eigenvalue weighted by atomic mass is 35.5. The molecule has 0 unspecified atom stereocenters. The number of hydrogen-bond acceptors (Lipinski definition) is 5. The Morgan fingerprint density at radius 3 is 2.50 bits per heavy atom. The average Bonchev–Trinajstić information content (AvgIpc) is 2.72. The number of amides is 1. The van der Waals surface area contributed by atoms with Gasteiger partial charge in [-0.3, -0.25) is 14.4 Å². The minimum atomic E-state index is -3.73. The molecule has 1 aliphatic rings. The van der Waals surface area contributed by atoms with Gasteiger partial charge < -0.3 is 10.1 Å². The van der Waals surface area contributed by atoms with Crippen LogP contribution in [0.5, 0.6) is 0 Å². The van der Waals surface area contributed by atoms with Crippen molar-refractivity contribution in [3.63, 3.8) is 0 Å². The molecule has 1 aliphatic heterocycles. The number of anilines is 1. The molecule has 0 saturated carbocycles. The van der Waals surface area contributed by atoms with E-state index in [1.807, 2.05) is 6.92 Å². The summed E-state index contributed by atoms with van der Waals surface area (Å²) in [5.74, 6) is -0.282. The van der Waals surface area contributed by atoms with Crippen molar-refractivity contribution in [1.82, 2.24) is 10.2 Å². The summed E-state index contributed by atoms with van der Waals surface area (Å²) in [7, 11) is -3.73.